The Bertz CT molecular complexity index is 1400. The molecule has 1 aromatic rings. The zero-order valence-corrected chi connectivity index (χ0v) is 36.9. The number of nitrogens with one attached hydrogen (secondary N) is 1. The van der Waals surface area contributed by atoms with Crippen LogP contribution in [0.4, 0.5) is 5.82 Å². The molecule has 2 aliphatic rings. The Hall–Kier alpha value is 1.69. The number of rotatable bonds is 15. The average Bonchev–Trinajstić information content (AvgIpc) is 3.31. The third-order valence-corrected chi connectivity index (χ3v) is 10.9. The Labute approximate surface area is 377 Å². The molecule has 0 radical (unpaired) electrons. The van der Waals surface area contributed by atoms with E-state index in [2.05, 4.69) is 31.6 Å². The maximum absolute atomic E-state index is 12.2. The normalized spacial score (nSPS) is 26.7. The van der Waals surface area contributed by atoms with Crippen LogP contribution in [-0.4, -0.2) is 105 Å². The fraction of sp³-hybridized carbons (Fsp3) is 0.808. The number of halogens is 3. The molecule has 5 atom stereocenters. The number of alkyl halides is 3. The Balaban J connectivity index is 0.00000552. The summed E-state index contributed by atoms with van der Waals surface area (Å²) in [5, 5.41) is 24.9. The first kappa shape index (κ1) is 46.7. The molecule has 21 heteroatoms. The third-order valence-electron chi connectivity index (χ3n) is 8.05. The van der Waals surface area contributed by atoms with Crippen LogP contribution >= 0.6 is 34.8 Å². The monoisotopic (exact) mass is 807 g/mol. The molecule has 1 amide bonds. The molecule has 1 heterocycles. The third kappa shape index (κ3) is 16.1. The molecule has 2 aliphatic carbocycles. The maximum Gasteiger partial charge on any atom is 1.00 e. The first-order chi connectivity index (χ1) is 21.1. The number of nitriles is 1. The van der Waals surface area contributed by atoms with Gasteiger partial charge in [0.05, 0.1) is 55.3 Å². The fourth-order valence-electron chi connectivity index (χ4n) is 5.96. The topological polar surface area (TPSA) is 213 Å². The van der Waals surface area contributed by atoms with Gasteiger partial charge in [0.2, 0.25) is 5.91 Å². The molecular formula is C26H38Cl3K2N7O7S2. The number of hydrogen-bond donors (Lipinski definition) is 1. The standard InChI is InChI=1S/C26H40Cl3N7O7S2.2K/c1-17(37)32-24-14-20(35(8-2-4-10-44(38,39)40)9-3-5-11-45(41,42)43)6-7-23(24)33-34-26-18(15-30)16-31-36(26)25-21(28)12-19(27)13-22(25)29;;/h16,19-25H,2-14H2,1H3,(H,32,37)(H,38,39,40)(H,41,42,43);;/q;2*+1/p-2. The second kappa shape index (κ2) is 22.0. The predicted molar refractivity (Wildman–Crippen MR) is 167 cm³/mol. The van der Waals surface area contributed by atoms with Crippen molar-refractivity contribution in [1.82, 2.24) is 20.0 Å². The van der Waals surface area contributed by atoms with Crippen molar-refractivity contribution in [1.29, 1.82) is 5.26 Å². The molecule has 254 valence electrons. The van der Waals surface area contributed by atoms with Crippen LogP contribution in [0, 0.1) is 11.3 Å². The van der Waals surface area contributed by atoms with Crippen LogP contribution in [0.1, 0.15) is 76.3 Å². The Kier molecular flexibility index (Phi) is 21.9. The van der Waals surface area contributed by atoms with E-state index in [4.69, 9.17) is 34.8 Å². The van der Waals surface area contributed by atoms with Gasteiger partial charge in [0, 0.05) is 29.8 Å². The van der Waals surface area contributed by atoms with Gasteiger partial charge in [-0.3, -0.25) is 4.79 Å². The number of aromatic nitrogens is 2. The van der Waals surface area contributed by atoms with Crippen molar-refractivity contribution < 1.29 is 134 Å². The molecule has 0 aromatic carbocycles. The van der Waals surface area contributed by atoms with Gasteiger partial charge in [-0.25, -0.2) is 21.5 Å². The Morgan fingerprint density at radius 1 is 1.02 bits per heavy atom. The minimum atomic E-state index is -4.35. The van der Waals surface area contributed by atoms with Crippen LogP contribution in [0.3, 0.4) is 0 Å². The van der Waals surface area contributed by atoms with E-state index in [-0.39, 0.29) is 144 Å². The first-order valence-corrected chi connectivity index (χ1v) is 19.2. The molecule has 1 N–H and O–H groups in total. The molecule has 2 fully saturated rings. The smallest absolute Gasteiger partial charge is 0.748 e. The molecule has 14 nitrogen and oxygen atoms in total. The van der Waals surface area contributed by atoms with Gasteiger partial charge in [0.15, 0.2) is 5.82 Å². The van der Waals surface area contributed by atoms with Crippen LogP contribution < -0.4 is 108 Å². The molecule has 47 heavy (non-hydrogen) atoms. The van der Waals surface area contributed by atoms with Crippen molar-refractivity contribution in [2.24, 2.45) is 10.2 Å². The number of carbonyl (C=O) groups excluding carboxylic acids is 1. The van der Waals surface area contributed by atoms with Crippen molar-refractivity contribution >= 4 is 66.8 Å². The molecule has 0 aliphatic heterocycles. The summed E-state index contributed by atoms with van der Waals surface area (Å²) in [6.07, 6.45) is 5.14. The van der Waals surface area contributed by atoms with E-state index in [0.717, 1.165) is 0 Å². The second-order valence-electron chi connectivity index (χ2n) is 11.6. The van der Waals surface area contributed by atoms with E-state index in [9.17, 15) is 36.0 Å². The van der Waals surface area contributed by atoms with Crippen LogP contribution in [0.2, 0.25) is 0 Å². The summed E-state index contributed by atoms with van der Waals surface area (Å²) in [6.45, 7) is 2.27. The van der Waals surface area contributed by atoms with Crippen molar-refractivity contribution in [2.75, 3.05) is 24.6 Å². The van der Waals surface area contributed by atoms with Gasteiger partial charge >= 0.3 is 103 Å². The van der Waals surface area contributed by atoms with E-state index in [0.29, 0.717) is 58.0 Å². The zero-order valence-electron chi connectivity index (χ0n) is 26.8. The number of amides is 1. The number of carbonyl (C=O) groups is 1. The largest absolute Gasteiger partial charge is 1.00 e. The summed E-state index contributed by atoms with van der Waals surface area (Å²) in [5.74, 6) is -1.04. The van der Waals surface area contributed by atoms with E-state index in [1.165, 1.54) is 17.8 Å². The van der Waals surface area contributed by atoms with Crippen molar-refractivity contribution in [2.45, 2.75) is 105 Å². The Morgan fingerprint density at radius 3 is 2.06 bits per heavy atom. The molecule has 3 rings (SSSR count). The van der Waals surface area contributed by atoms with Crippen LogP contribution in [0.25, 0.3) is 0 Å². The molecule has 2 saturated carbocycles. The van der Waals surface area contributed by atoms with E-state index in [1.54, 1.807) is 0 Å². The summed E-state index contributed by atoms with van der Waals surface area (Å²) in [4.78, 5) is 14.2. The van der Waals surface area contributed by atoms with Gasteiger partial charge in [0.25, 0.3) is 0 Å². The van der Waals surface area contributed by atoms with E-state index in [1.807, 2.05) is 0 Å². The summed E-state index contributed by atoms with van der Waals surface area (Å²) in [7, 11) is -8.70. The van der Waals surface area contributed by atoms with E-state index < -0.39 is 60.6 Å². The van der Waals surface area contributed by atoms with Crippen LogP contribution in [-0.2, 0) is 25.0 Å². The van der Waals surface area contributed by atoms with Gasteiger partial charge in [-0.1, -0.05) is 0 Å². The average molecular weight is 809 g/mol. The van der Waals surface area contributed by atoms with Crippen molar-refractivity contribution in [3.05, 3.63) is 11.8 Å². The summed E-state index contributed by atoms with van der Waals surface area (Å²) in [5.41, 5.74) is 0.190. The molecule has 5 unspecified atom stereocenters. The SMILES string of the molecule is CC(=O)NC1CC(N(CCCCS(=O)(=O)[O-])CCCCS(=O)(=O)[O-])CCC1N=Nc1c(C#N)cnn1C1C(Cl)CC(Cl)CC1Cl.[K+].[K+]. The molecule has 0 spiro atoms. The van der Waals surface area contributed by atoms with Gasteiger partial charge in [-0.2, -0.15) is 15.5 Å². The first-order valence-electron chi connectivity index (χ1n) is 14.8. The second-order valence-corrected chi connectivity index (χ2v) is 16.3. The van der Waals surface area contributed by atoms with Crippen LogP contribution in [0.5, 0.6) is 0 Å². The molecule has 0 bridgehead atoms. The fourth-order valence-corrected chi connectivity index (χ4v) is 8.71. The van der Waals surface area contributed by atoms with Gasteiger partial charge < -0.3 is 19.3 Å². The van der Waals surface area contributed by atoms with Gasteiger partial charge in [-0.15, -0.1) is 39.9 Å². The number of hydrogen-bond acceptors (Lipinski definition) is 12. The molecule has 0 saturated heterocycles. The molecule has 1 aromatic heterocycles. The van der Waals surface area contributed by atoms with E-state index >= 15 is 0 Å². The predicted octanol–water partition coefficient (Wildman–Crippen LogP) is -2.62. The maximum atomic E-state index is 12.2. The number of azo groups is 1. The summed E-state index contributed by atoms with van der Waals surface area (Å²) < 4.78 is 67.8. The quantitative estimate of drug-likeness (QED) is 0.0641. The van der Waals surface area contributed by atoms with Crippen molar-refractivity contribution in [3.63, 3.8) is 0 Å². The number of unbranched alkanes of at least 4 members (excludes halogenated alkanes) is 2. The number of nitrogens with zero attached hydrogens (tertiary/aromatic N) is 6. The van der Waals surface area contributed by atoms with Gasteiger partial charge in [0.1, 0.15) is 11.6 Å². The minimum absolute atomic E-state index is 0. The summed E-state index contributed by atoms with van der Waals surface area (Å²) >= 11 is 19.5. The van der Waals surface area contributed by atoms with Crippen LogP contribution in [0.15, 0.2) is 16.4 Å². The zero-order chi connectivity index (χ0) is 33.4. The minimum Gasteiger partial charge on any atom is -0.748 e. The summed E-state index contributed by atoms with van der Waals surface area (Å²) in [6, 6.07) is 0.635. The van der Waals surface area contributed by atoms with Crippen molar-refractivity contribution in [3.8, 4) is 6.07 Å². The Morgan fingerprint density at radius 2 is 1.57 bits per heavy atom. The van der Waals surface area contributed by atoms with Gasteiger partial charge in [-0.05, 0) is 70.9 Å². The molecular weight excluding hydrogens is 771 g/mol.